The molecule has 3 N–H and O–H groups in total. The van der Waals surface area contributed by atoms with Gasteiger partial charge in [-0.15, -0.1) is 0 Å². The number of piperidine rings is 1. The van der Waals surface area contributed by atoms with Crippen LogP contribution in [0.2, 0.25) is 5.02 Å². The summed E-state index contributed by atoms with van der Waals surface area (Å²) >= 11 is 6.02. The maximum Gasteiger partial charge on any atom is 0.261 e. The number of hydrogen-bond acceptors (Lipinski definition) is 5. The number of nitrogens with one attached hydrogen (secondary N) is 3. The molecular weight excluding hydrogens is 548 g/mol. The quantitative estimate of drug-likeness (QED) is 0.346. The highest BCUT2D eigenvalue weighted by Crippen LogP contribution is 2.37. The first-order valence-electron chi connectivity index (χ1n) is 13.4. The smallest absolute Gasteiger partial charge is 0.261 e. The Kier molecular flexibility index (Phi) is 8.44. The van der Waals surface area contributed by atoms with Crippen molar-refractivity contribution < 1.29 is 18.0 Å². The van der Waals surface area contributed by atoms with Gasteiger partial charge in [-0.25, -0.2) is 8.42 Å². The van der Waals surface area contributed by atoms with E-state index in [-0.39, 0.29) is 34.6 Å². The molecule has 0 saturated carbocycles. The topological polar surface area (TPSA) is 108 Å². The highest BCUT2D eigenvalue weighted by molar-refractivity contribution is 7.92. The van der Waals surface area contributed by atoms with Crippen LogP contribution >= 0.6 is 11.6 Å². The van der Waals surface area contributed by atoms with Crippen molar-refractivity contribution in [3.8, 4) is 0 Å². The zero-order chi connectivity index (χ0) is 28.3. The van der Waals surface area contributed by atoms with Gasteiger partial charge in [-0.3, -0.25) is 19.2 Å². The minimum Gasteiger partial charge on any atom is -0.352 e. The summed E-state index contributed by atoms with van der Waals surface area (Å²) in [7, 11) is -3.89. The van der Waals surface area contributed by atoms with Gasteiger partial charge in [0.25, 0.3) is 15.9 Å². The summed E-state index contributed by atoms with van der Waals surface area (Å²) in [5, 5.41) is 6.46. The predicted octanol–water partition coefficient (Wildman–Crippen LogP) is 4.49. The molecule has 10 heteroatoms. The van der Waals surface area contributed by atoms with Gasteiger partial charge >= 0.3 is 0 Å². The van der Waals surface area contributed by atoms with E-state index >= 15 is 0 Å². The fourth-order valence-corrected chi connectivity index (χ4v) is 6.88. The van der Waals surface area contributed by atoms with Gasteiger partial charge in [0.05, 0.1) is 22.7 Å². The van der Waals surface area contributed by atoms with E-state index in [0.29, 0.717) is 12.1 Å². The molecule has 2 saturated heterocycles. The fraction of sp³-hybridized carbons (Fsp3) is 0.333. The average molecular weight is 581 g/mol. The molecule has 2 amide bonds. The van der Waals surface area contributed by atoms with Crippen LogP contribution in [0, 0.1) is 6.92 Å². The second-order valence-electron chi connectivity index (χ2n) is 10.6. The van der Waals surface area contributed by atoms with Crippen LogP contribution in [0.1, 0.15) is 47.2 Å². The molecule has 3 aromatic rings. The van der Waals surface area contributed by atoms with Crippen molar-refractivity contribution in [1.29, 1.82) is 0 Å². The number of anilines is 1. The predicted molar refractivity (Wildman–Crippen MR) is 156 cm³/mol. The Balaban J connectivity index is 1.14. The number of aryl methyl sites for hydroxylation is 1. The van der Waals surface area contributed by atoms with Crippen LogP contribution in [0.25, 0.3) is 0 Å². The molecule has 2 aliphatic rings. The number of benzene rings is 3. The maximum absolute atomic E-state index is 12.9. The van der Waals surface area contributed by atoms with E-state index in [1.807, 2.05) is 19.1 Å². The summed E-state index contributed by atoms with van der Waals surface area (Å²) in [5.41, 5.74) is 2.45. The molecule has 0 aliphatic carbocycles. The molecular formula is C30H33ClN4O4S. The lowest BCUT2D eigenvalue weighted by atomic mass is 9.96. The van der Waals surface area contributed by atoms with E-state index in [2.05, 4.69) is 32.4 Å². The first-order chi connectivity index (χ1) is 19.2. The minimum absolute atomic E-state index is 0.0528. The normalized spacial score (nSPS) is 20.6. The van der Waals surface area contributed by atoms with E-state index in [0.717, 1.165) is 42.8 Å². The lowest BCUT2D eigenvalue weighted by Crippen LogP contribution is -2.51. The Hall–Kier alpha value is -3.40. The van der Waals surface area contributed by atoms with E-state index in [1.165, 1.54) is 29.8 Å². The van der Waals surface area contributed by atoms with Crippen molar-refractivity contribution in [3.05, 3.63) is 94.5 Å². The van der Waals surface area contributed by atoms with Crippen molar-refractivity contribution in [3.63, 3.8) is 0 Å². The molecule has 8 nitrogen and oxygen atoms in total. The molecule has 0 radical (unpaired) electrons. The standard InChI is InChI=1S/C30H33ClN4O4S/c1-20-6-14-26(15-7-20)40(38,39)34-28-5-3-2-4-27(28)30(37)32-18-29(36)33-23-16-24-12-13-25(17-23)35(24)19-21-8-10-22(31)11-9-21/h2-11,14-15,23-25,34H,12-13,16-19H2,1H3,(H,32,37)(H,33,36)/t24-,25-/m1/s1. The second kappa shape index (κ2) is 12.0. The van der Waals surface area contributed by atoms with Gasteiger partial charge in [0, 0.05) is 29.7 Å². The van der Waals surface area contributed by atoms with Gasteiger partial charge in [-0.1, -0.05) is 53.6 Å². The third-order valence-corrected chi connectivity index (χ3v) is 9.32. The number of amides is 2. The van der Waals surface area contributed by atoms with E-state index in [1.54, 1.807) is 24.3 Å². The van der Waals surface area contributed by atoms with Crippen LogP contribution in [-0.4, -0.2) is 49.8 Å². The number of fused-ring (bicyclic) bond motifs is 2. The van der Waals surface area contributed by atoms with E-state index < -0.39 is 15.9 Å². The minimum atomic E-state index is -3.89. The number of hydrogen-bond donors (Lipinski definition) is 3. The number of rotatable bonds is 9. The van der Waals surface area contributed by atoms with Crippen LogP contribution in [-0.2, 0) is 21.4 Å². The number of halogens is 1. The SMILES string of the molecule is Cc1ccc(S(=O)(=O)Nc2ccccc2C(=O)NCC(=O)NC2C[C@H]3CC[C@H](C2)N3Cc2ccc(Cl)cc2)cc1. The summed E-state index contributed by atoms with van der Waals surface area (Å²) in [6, 6.07) is 21.6. The first-order valence-corrected chi connectivity index (χ1v) is 15.3. The Bertz CT molecular complexity index is 1460. The molecule has 2 bridgehead atoms. The lowest BCUT2D eigenvalue weighted by Gasteiger charge is -2.39. The van der Waals surface area contributed by atoms with Crippen LogP contribution in [0.5, 0.6) is 0 Å². The lowest BCUT2D eigenvalue weighted by molar-refractivity contribution is -0.121. The van der Waals surface area contributed by atoms with E-state index in [4.69, 9.17) is 11.6 Å². The van der Waals surface area contributed by atoms with E-state index in [9.17, 15) is 18.0 Å². The largest absolute Gasteiger partial charge is 0.352 e. The first kappa shape index (κ1) is 28.1. The average Bonchev–Trinajstić information content (AvgIpc) is 3.15. The molecule has 0 aromatic heterocycles. The number of para-hydroxylation sites is 1. The Labute approximate surface area is 240 Å². The van der Waals surface area contributed by atoms with Gasteiger partial charge in [0.15, 0.2) is 0 Å². The molecule has 0 spiro atoms. The Morgan fingerprint density at radius 1 is 0.925 bits per heavy atom. The van der Waals surface area contributed by atoms with Gasteiger partial charge in [-0.05, 0) is 74.6 Å². The maximum atomic E-state index is 12.9. The van der Waals surface area contributed by atoms with Crippen molar-refractivity contribution >= 4 is 39.1 Å². The molecule has 0 unspecified atom stereocenters. The Morgan fingerprint density at radius 3 is 2.25 bits per heavy atom. The van der Waals surface area contributed by atoms with Crippen LogP contribution in [0.3, 0.4) is 0 Å². The van der Waals surface area contributed by atoms with Crippen LogP contribution < -0.4 is 15.4 Å². The summed E-state index contributed by atoms with van der Waals surface area (Å²) in [4.78, 5) is 28.3. The van der Waals surface area contributed by atoms with Crippen molar-refractivity contribution in [1.82, 2.24) is 15.5 Å². The highest BCUT2D eigenvalue weighted by Gasteiger charge is 2.40. The van der Waals surface area contributed by atoms with Crippen molar-refractivity contribution in [2.75, 3.05) is 11.3 Å². The molecule has 3 aromatic carbocycles. The molecule has 210 valence electrons. The molecule has 2 fully saturated rings. The number of carbonyl (C=O) groups is 2. The summed E-state index contributed by atoms with van der Waals surface area (Å²) in [5.74, 6) is -0.795. The monoisotopic (exact) mass is 580 g/mol. The van der Waals surface area contributed by atoms with Gasteiger partial charge in [0.2, 0.25) is 5.91 Å². The number of sulfonamides is 1. The molecule has 2 aliphatic heterocycles. The zero-order valence-corrected chi connectivity index (χ0v) is 23.8. The van der Waals surface area contributed by atoms with Gasteiger partial charge in [-0.2, -0.15) is 0 Å². The highest BCUT2D eigenvalue weighted by atomic mass is 35.5. The Morgan fingerprint density at radius 2 is 1.57 bits per heavy atom. The summed E-state index contributed by atoms with van der Waals surface area (Å²) in [6.45, 7) is 2.55. The molecule has 5 rings (SSSR count). The summed E-state index contributed by atoms with van der Waals surface area (Å²) < 4.78 is 28.2. The number of nitrogens with zero attached hydrogens (tertiary/aromatic N) is 1. The fourth-order valence-electron chi connectivity index (χ4n) is 5.68. The summed E-state index contributed by atoms with van der Waals surface area (Å²) in [6.07, 6.45) is 3.95. The van der Waals surface area contributed by atoms with Gasteiger partial charge in [0.1, 0.15) is 0 Å². The molecule has 2 heterocycles. The van der Waals surface area contributed by atoms with Crippen LogP contribution in [0.15, 0.2) is 77.7 Å². The van der Waals surface area contributed by atoms with Crippen LogP contribution in [0.4, 0.5) is 5.69 Å². The molecule has 2 atom stereocenters. The molecule has 40 heavy (non-hydrogen) atoms. The third kappa shape index (κ3) is 6.66. The second-order valence-corrected chi connectivity index (χ2v) is 12.7. The van der Waals surface area contributed by atoms with Gasteiger partial charge < -0.3 is 10.6 Å². The third-order valence-electron chi connectivity index (χ3n) is 7.68. The number of carbonyl (C=O) groups excluding carboxylic acids is 2. The van der Waals surface area contributed by atoms with Crippen molar-refractivity contribution in [2.45, 2.75) is 62.2 Å². The zero-order valence-electron chi connectivity index (χ0n) is 22.3. The van der Waals surface area contributed by atoms with Crippen molar-refractivity contribution in [2.24, 2.45) is 0 Å².